The van der Waals surface area contributed by atoms with Crippen molar-refractivity contribution in [2.24, 2.45) is 0 Å². The van der Waals surface area contributed by atoms with Crippen molar-refractivity contribution in [3.8, 4) is 11.3 Å². The van der Waals surface area contributed by atoms with Gasteiger partial charge in [-0.3, -0.25) is 0 Å². The molecular weight excluding hydrogens is 284 g/mol. The zero-order chi connectivity index (χ0) is 14.6. The predicted octanol–water partition coefficient (Wildman–Crippen LogP) is 3.43. The maximum Gasteiger partial charge on any atom is 0.161 e. The van der Waals surface area contributed by atoms with Crippen molar-refractivity contribution in [2.45, 2.75) is 26.2 Å². The zero-order valence-corrected chi connectivity index (χ0v) is 12.5. The van der Waals surface area contributed by atoms with Gasteiger partial charge in [0, 0.05) is 27.4 Å². The molecule has 0 amide bonds. The number of rotatable bonds is 1. The molecule has 5 heteroatoms. The van der Waals surface area contributed by atoms with Gasteiger partial charge in [-0.2, -0.15) is 9.61 Å². The summed E-state index contributed by atoms with van der Waals surface area (Å²) < 4.78 is 1.78. The van der Waals surface area contributed by atoms with E-state index in [0.717, 1.165) is 63.8 Å². The number of hydrogen-bond donors (Lipinski definition) is 1. The van der Waals surface area contributed by atoms with E-state index in [1.54, 1.807) is 4.52 Å². The van der Waals surface area contributed by atoms with Crippen molar-refractivity contribution < 1.29 is 0 Å². The van der Waals surface area contributed by atoms with Gasteiger partial charge in [0.25, 0.3) is 0 Å². The standard InChI is InChI=1S/C16H15ClN4/c1-9-14(10-5-7-11(17)8-6-10)20-21-15(18)12-3-2-4-13(12)19-16(9)21/h5-8H,2-4,18H2,1H3. The number of aryl methyl sites for hydroxylation is 2. The minimum Gasteiger partial charge on any atom is -0.383 e. The Labute approximate surface area is 127 Å². The Balaban J connectivity index is 1.98. The molecule has 0 unspecified atom stereocenters. The van der Waals surface area contributed by atoms with Crippen LogP contribution in [0.2, 0.25) is 5.02 Å². The quantitative estimate of drug-likeness (QED) is 0.749. The summed E-state index contributed by atoms with van der Waals surface area (Å²) in [7, 11) is 0. The van der Waals surface area contributed by atoms with Crippen LogP contribution in [-0.4, -0.2) is 14.6 Å². The number of hydrogen-bond acceptors (Lipinski definition) is 3. The highest BCUT2D eigenvalue weighted by molar-refractivity contribution is 6.30. The lowest BCUT2D eigenvalue weighted by molar-refractivity contribution is 0.901. The Morgan fingerprint density at radius 3 is 2.71 bits per heavy atom. The molecule has 1 aromatic carbocycles. The van der Waals surface area contributed by atoms with Crippen LogP contribution >= 0.6 is 11.6 Å². The molecule has 4 rings (SSSR count). The molecule has 0 spiro atoms. The molecule has 0 aliphatic heterocycles. The summed E-state index contributed by atoms with van der Waals surface area (Å²) >= 11 is 5.95. The summed E-state index contributed by atoms with van der Waals surface area (Å²) in [6.45, 7) is 2.04. The minimum absolute atomic E-state index is 0.719. The molecule has 3 aromatic rings. The molecule has 0 saturated carbocycles. The number of halogens is 1. The number of fused-ring (bicyclic) bond motifs is 2. The Kier molecular flexibility index (Phi) is 2.69. The SMILES string of the molecule is Cc1c(-c2ccc(Cl)cc2)nn2c(N)c3c(nc12)CCC3. The van der Waals surface area contributed by atoms with Gasteiger partial charge in [0.2, 0.25) is 0 Å². The fraction of sp³-hybridized carbons (Fsp3) is 0.250. The van der Waals surface area contributed by atoms with E-state index in [1.165, 1.54) is 0 Å². The third-order valence-electron chi connectivity index (χ3n) is 4.18. The largest absolute Gasteiger partial charge is 0.383 e. The number of aromatic nitrogens is 3. The molecule has 2 N–H and O–H groups in total. The van der Waals surface area contributed by atoms with E-state index >= 15 is 0 Å². The molecular formula is C16H15ClN4. The minimum atomic E-state index is 0.719. The van der Waals surface area contributed by atoms with E-state index in [1.807, 2.05) is 31.2 Å². The highest BCUT2D eigenvalue weighted by Gasteiger charge is 2.21. The van der Waals surface area contributed by atoms with Crippen LogP contribution in [0, 0.1) is 6.92 Å². The van der Waals surface area contributed by atoms with Crippen LogP contribution in [0.25, 0.3) is 16.9 Å². The molecule has 0 saturated heterocycles. The van der Waals surface area contributed by atoms with Gasteiger partial charge in [-0.15, -0.1) is 0 Å². The van der Waals surface area contributed by atoms with Gasteiger partial charge < -0.3 is 5.73 Å². The molecule has 1 aliphatic rings. The first kappa shape index (κ1) is 12.7. The van der Waals surface area contributed by atoms with Gasteiger partial charge in [0.05, 0.1) is 5.69 Å². The second-order valence-electron chi connectivity index (χ2n) is 5.49. The average Bonchev–Trinajstić information content (AvgIpc) is 3.07. The highest BCUT2D eigenvalue weighted by atomic mass is 35.5. The van der Waals surface area contributed by atoms with Gasteiger partial charge in [0.1, 0.15) is 5.82 Å². The van der Waals surface area contributed by atoms with Crippen LogP contribution < -0.4 is 5.73 Å². The molecule has 21 heavy (non-hydrogen) atoms. The second kappa shape index (κ2) is 4.46. The average molecular weight is 299 g/mol. The monoisotopic (exact) mass is 298 g/mol. The Morgan fingerprint density at radius 1 is 1.19 bits per heavy atom. The lowest BCUT2D eigenvalue weighted by Crippen LogP contribution is -2.06. The summed E-state index contributed by atoms with van der Waals surface area (Å²) in [6.07, 6.45) is 3.14. The first-order chi connectivity index (χ1) is 10.1. The van der Waals surface area contributed by atoms with Crippen molar-refractivity contribution in [3.05, 3.63) is 46.1 Å². The van der Waals surface area contributed by atoms with E-state index in [0.29, 0.717) is 0 Å². The van der Waals surface area contributed by atoms with E-state index in [2.05, 4.69) is 5.10 Å². The van der Waals surface area contributed by atoms with E-state index < -0.39 is 0 Å². The third kappa shape index (κ3) is 1.83. The second-order valence-corrected chi connectivity index (χ2v) is 5.93. The molecule has 1 aliphatic carbocycles. The van der Waals surface area contributed by atoms with E-state index in [4.69, 9.17) is 22.3 Å². The maximum absolute atomic E-state index is 6.29. The summed E-state index contributed by atoms with van der Waals surface area (Å²) in [5, 5.41) is 5.39. The smallest absolute Gasteiger partial charge is 0.161 e. The summed E-state index contributed by atoms with van der Waals surface area (Å²) in [5.41, 5.74) is 12.4. The number of nitrogens with zero attached hydrogens (tertiary/aromatic N) is 3. The first-order valence-electron chi connectivity index (χ1n) is 7.07. The van der Waals surface area contributed by atoms with Crippen LogP contribution in [0.15, 0.2) is 24.3 Å². The van der Waals surface area contributed by atoms with Crippen LogP contribution in [0.5, 0.6) is 0 Å². The number of anilines is 1. The summed E-state index contributed by atoms with van der Waals surface area (Å²) in [5.74, 6) is 0.732. The van der Waals surface area contributed by atoms with Crippen molar-refractivity contribution in [1.82, 2.24) is 14.6 Å². The topological polar surface area (TPSA) is 56.2 Å². The maximum atomic E-state index is 6.29. The number of benzene rings is 1. The van der Waals surface area contributed by atoms with Crippen LogP contribution in [0.4, 0.5) is 5.82 Å². The van der Waals surface area contributed by atoms with Gasteiger partial charge in [-0.05, 0) is 38.3 Å². The Hall–Kier alpha value is -2.07. The first-order valence-corrected chi connectivity index (χ1v) is 7.45. The van der Waals surface area contributed by atoms with Gasteiger partial charge in [0.15, 0.2) is 5.65 Å². The van der Waals surface area contributed by atoms with Crippen molar-refractivity contribution in [2.75, 3.05) is 5.73 Å². The lowest BCUT2D eigenvalue weighted by atomic mass is 10.1. The van der Waals surface area contributed by atoms with Crippen molar-refractivity contribution >= 4 is 23.1 Å². The molecule has 0 bridgehead atoms. The third-order valence-corrected chi connectivity index (χ3v) is 4.43. The summed E-state index contributed by atoms with van der Waals surface area (Å²) in [4.78, 5) is 4.77. The molecule has 106 valence electrons. The fourth-order valence-electron chi connectivity index (χ4n) is 3.05. The molecule has 0 radical (unpaired) electrons. The van der Waals surface area contributed by atoms with Gasteiger partial charge >= 0.3 is 0 Å². The van der Waals surface area contributed by atoms with Crippen LogP contribution in [-0.2, 0) is 12.8 Å². The number of nitrogens with two attached hydrogens (primary N) is 1. The van der Waals surface area contributed by atoms with Crippen LogP contribution in [0.3, 0.4) is 0 Å². The fourth-order valence-corrected chi connectivity index (χ4v) is 3.18. The van der Waals surface area contributed by atoms with Gasteiger partial charge in [-0.25, -0.2) is 4.98 Å². The molecule has 2 aromatic heterocycles. The molecule has 4 nitrogen and oxygen atoms in total. The summed E-state index contributed by atoms with van der Waals surface area (Å²) in [6, 6.07) is 7.69. The molecule has 0 atom stereocenters. The highest BCUT2D eigenvalue weighted by Crippen LogP contribution is 2.31. The normalized spacial score (nSPS) is 13.8. The number of nitrogen functional groups attached to an aromatic ring is 1. The molecule has 0 fully saturated rings. The van der Waals surface area contributed by atoms with E-state index in [9.17, 15) is 0 Å². The van der Waals surface area contributed by atoms with Gasteiger partial charge in [-0.1, -0.05) is 23.7 Å². The van der Waals surface area contributed by atoms with Crippen molar-refractivity contribution in [1.29, 1.82) is 0 Å². The predicted molar refractivity (Wildman–Crippen MR) is 84.6 cm³/mol. The Bertz CT molecular complexity index is 849. The molecule has 2 heterocycles. The zero-order valence-electron chi connectivity index (χ0n) is 11.7. The van der Waals surface area contributed by atoms with E-state index in [-0.39, 0.29) is 0 Å². The van der Waals surface area contributed by atoms with Crippen LogP contribution in [0.1, 0.15) is 23.2 Å². The van der Waals surface area contributed by atoms with Crippen molar-refractivity contribution in [3.63, 3.8) is 0 Å². The lowest BCUT2D eigenvalue weighted by Gasteiger charge is -2.05. The Morgan fingerprint density at radius 2 is 1.95 bits per heavy atom.